The van der Waals surface area contributed by atoms with Gasteiger partial charge in [-0.25, -0.2) is 14.3 Å². The van der Waals surface area contributed by atoms with Crippen LogP contribution in [-0.2, 0) is 6.42 Å². The zero-order chi connectivity index (χ0) is 15.3. The van der Waals surface area contributed by atoms with Gasteiger partial charge in [0.15, 0.2) is 0 Å². The molecule has 0 spiro atoms. The van der Waals surface area contributed by atoms with Crippen molar-refractivity contribution in [1.82, 2.24) is 14.9 Å². The lowest BCUT2D eigenvalue weighted by molar-refractivity contribution is 0.245. The first-order valence-electron chi connectivity index (χ1n) is 6.85. The lowest BCUT2D eigenvalue weighted by atomic mass is 10.1. The largest absolute Gasteiger partial charge is 0.328 e. The van der Waals surface area contributed by atoms with Gasteiger partial charge in [0.1, 0.15) is 5.82 Å². The highest BCUT2D eigenvalue weighted by Crippen LogP contribution is 2.29. The van der Waals surface area contributed by atoms with Crippen molar-refractivity contribution in [2.75, 3.05) is 0 Å². The Morgan fingerprint density at radius 2 is 2.00 bits per heavy atom. The van der Waals surface area contributed by atoms with E-state index in [9.17, 15) is 4.79 Å². The molecule has 3 aromatic rings. The number of imidazole rings is 1. The molecule has 4 nitrogen and oxygen atoms in total. The molecule has 0 aliphatic carbocycles. The topological polar surface area (TPSA) is 46.9 Å². The first-order chi connectivity index (χ1) is 10.6. The Labute approximate surface area is 140 Å². The van der Waals surface area contributed by atoms with Gasteiger partial charge in [0.2, 0.25) is 0 Å². The van der Waals surface area contributed by atoms with Gasteiger partial charge in [0, 0.05) is 9.50 Å². The summed E-state index contributed by atoms with van der Waals surface area (Å²) in [7, 11) is 0. The van der Waals surface area contributed by atoms with Crippen LogP contribution in [0.4, 0.5) is 4.79 Å². The maximum Gasteiger partial charge on any atom is 0.328 e. The van der Waals surface area contributed by atoms with E-state index >= 15 is 0 Å². The number of hydrogen-bond donors (Lipinski definition) is 1. The van der Waals surface area contributed by atoms with Crippen molar-refractivity contribution < 1.29 is 4.79 Å². The number of aromatic nitrogens is 2. The van der Waals surface area contributed by atoms with Gasteiger partial charge in [0.25, 0.3) is 0 Å². The van der Waals surface area contributed by atoms with E-state index in [2.05, 4.69) is 26.2 Å². The van der Waals surface area contributed by atoms with Crippen LogP contribution in [0.25, 0.3) is 11.0 Å². The summed E-state index contributed by atoms with van der Waals surface area (Å²) < 4.78 is 2.65. The number of benzene rings is 2. The number of hydrogen-bond acceptors (Lipinski definition) is 2. The third-order valence-electron chi connectivity index (χ3n) is 3.81. The van der Waals surface area contributed by atoms with Crippen LogP contribution in [0.1, 0.15) is 17.4 Å². The van der Waals surface area contributed by atoms with E-state index < -0.39 is 0 Å². The molecule has 22 heavy (non-hydrogen) atoms. The third-order valence-corrected chi connectivity index (χ3v) is 4.57. The molecule has 2 heterocycles. The number of amides is 1. The van der Waals surface area contributed by atoms with Crippen molar-refractivity contribution in [3.8, 4) is 0 Å². The summed E-state index contributed by atoms with van der Waals surface area (Å²) in [6.45, 7) is 0. The number of carbonyl (C=O) groups excluding carboxylic acids is 1. The van der Waals surface area contributed by atoms with Crippen LogP contribution < -0.4 is 5.32 Å². The van der Waals surface area contributed by atoms with E-state index in [4.69, 9.17) is 11.6 Å². The Balaban J connectivity index is 1.75. The molecule has 2 aromatic carbocycles. The van der Waals surface area contributed by atoms with E-state index in [-0.39, 0.29) is 12.1 Å². The smallest absolute Gasteiger partial charge is 0.327 e. The van der Waals surface area contributed by atoms with Crippen molar-refractivity contribution in [3.05, 3.63) is 63.3 Å². The molecule has 4 rings (SSSR count). The first kappa shape index (κ1) is 13.8. The molecule has 0 bridgehead atoms. The summed E-state index contributed by atoms with van der Waals surface area (Å²) in [6.07, 6.45) is 0.704. The highest BCUT2D eigenvalue weighted by molar-refractivity contribution is 9.10. The summed E-state index contributed by atoms with van der Waals surface area (Å²) in [5.41, 5.74) is 2.68. The lowest BCUT2D eigenvalue weighted by Crippen LogP contribution is -2.22. The standard InChI is InChI=1S/C16H11BrClN3O/c17-10-3-1-9(2-4-10)7-13-15-19-12-6-5-11(18)8-14(12)21(15)16(22)20-13/h1-6,8,13H,7H2,(H,20,22)/t13-/m1/s1. The normalized spacial score (nSPS) is 16.8. The maximum atomic E-state index is 12.3. The van der Waals surface area contributed by atoms with Crippen LogP contribution in [0, 0.1) is 0 Å². The molecule has 1 atom stereocenters. The summed E-state index contributed by atoms with van der Waals surface area (Å²) in [4.78, 5) is 16.9. The van der Waals surface area contributed by atoms with Crippen molar-refractivity contribution in [1.29, 1.82) is 0 Å². The number of halogens is 2. The van der Waals surface area contributed by atoms with Crippen molar-refractivity contribution in [2.45, 2.75) is 12.5 Å². The van der Waals surface area contributed by atoms with E-state index in [0.717, 1.165) is 26.9 Å². The molecule has 1 aliphatic rings. The molecule has 0 saturated carbocycles. The number of nitrogens with zero attached hydrogens (tertiary/aromatic N) is 2. The first-order valence-corrected chi connectivity index (χ1v) is 8.02. The molecule has 0 saturated heterocycles. The van der Waals surface area contributed by atoms with E-state index in [0.29, 0.717) is 11.4 Å². The van der Waals surface area contributed by atoms with Crippen LogP contribution >= 0.6 is 27.5 Å². The number of fused-ring (bicyclic) bond motifs is 3. The molecule has 1 amide bonds. The summed E-state index contributed by atoms with van der Waals surface area (Å²) >= 11 is 9.45. The fourth-order valence-electron chi connectivity index (χ4n) is 2.79. The number of rotatable bonds is 2. The zero-order valence-electron chi connectivity index (χ0n) is 11.4. The SMILES string of the molecule is O=C1N[C@H](Cc2ccc(Br)cc2)c2nc3ccc(Cl)cc3n21. The molecule has 1 aromatic heterocycles. The second kappa shape index (κ2) is 5.11. The van der Waals surface area contributed by atoms with E-state index in [1.807, 2.05) is 30.3 Å². The molecule has 0 radical (unpaired) electrons. The van der Waals surface area contributed by atoms with E-state index in [1.54, 1.807) is 16.7 Å². The van der Waals surface area contributed by atoms with Crippen molar-refractivity contribution in [2.24, 2.45) is 0 Å². The Morgan fingerprint density at radius 3 is 2.77 bits per heavy atom. The molecule has 110 valence electrons. The molecule has 0 unspecified atom stereocenters. The van der Waals surface area contributed by atoms with Gasteiger partial charge in [0.05, 0.1) is 17.1 Å². The van der Waals surface area contributed by atoms with E-state index in [1.165, 1.54) is 0 Å². The van der Waals surface area contributed by atoms with Crippen LogP contribution in [0.2, 0.25) is 5.02 Å². The monoisotopic (exact) mass is 375 g/mol. The fourth-order valence-corrected chi connectivity index (χ4v) is 3.22. The van der Waals surface area contributed by atoms with Gasteiger partial charge in [-0.05, 0) is 42.3 Å². The third kappa shape index (κ3) is 2.21. The molecular weight excluding hydrogens is 366 g/mol. The molecular formula is C16H11BrClN3O. The van der Waals surface area contributed by atoms with Gasteiger partial charge in [-0.1, -0.05) is 39.7 Å². The zero-order valence-corrected chi connectivity index (χ0v) is 13.7. The number of carbonyl (C=O) groups is 1. The van der Waals surface area contributed by atoms with Crippen LogP contribution in [0.5, 0.6) is 0 Å². The Bertz CT molecular complexity index is 888. The average Bonchev–Trinajstić information content (AvgIpc) is 3.00. The summed E-state index contributed by atoms with van der Waals surface area (Å²) in [5.74, 6) is 0.741. The Hall–Kier alpha value is -1.85. The lowest BCUT2D eigenvalue weighted by Gasteiger charge is -2.08. The number of nitrogens with one attached hydrogen (secondary N) is 1. The minimum Gasteiger partial charge on any atom is -0.327 e. The summed E-state index contributed by atoms with van der Waals surface area (Å²) in [5, 5.41) is 3.58. The minimum atomic E-state index is -0.151. The second-order valence-corrected chi connectivity index (χ2v) is 6.62. The van der Waals surface area contributed by atoms with Gasteiger partial charge >= 0.3 is 6.03 Å². The van der Waals surface area contributed by atoms with Gasteiger partial charge < -0.3 is 5.32 Å². The molecule has 6 heteroatoms. The average molecular weight is 377 g/mol. The van der Waals surface area contributed by atoms with Crippen LogP contribution in [0.15, 0.2) is 46.9 Å². The Morgan fingerprint density at radius 1 is 1.23 bits per heavy atom. The molecule has 0 fully saturated rings. The summed E-state index contributed by atoms with van der Waals surface area (Å²) in [6, 6.07) is 13.2. The van der Waals surface area contributed by atoms with Crippen LogP contribution in [0.3, 0.4) is 0 Å². The van der Waals surface area contributed by atoms with Crippen molar-refractivity contribution in [3.63, 3.8) is 0 Å². The van der Waals surface area contributed by atoms with Gasteiger partial charge in [-0.3, -0.25) is 0 Å². The van der Waals surface area contributed by atoms with Crippen molar-refractivity contribution >= 4 is 44.6 Å². The van der Waals surface area contributed by atoms with Crippen LogP contribution in [-0.4, -0.2) is 15.6 Å². The quantitative estimate of drug-likeness (QED) is 0.724. The minimum absolute atomic E-state index is 0.125. The highest BCUT2D eigenvalue weighted by Gasteiger charge is 2.32. The Kier molecular flexibility index (Phi) is 3.20. The second-order valence-electron chi connectivity index (χ2n) is 5.27. The highest BCUT2D eigenvalue weighted by atomic mass is 79.9. The van der Waals surface area contributed by atoms with Gasteiger partial charge in [-0.2, -0.15) is 0 Å². The predicted octanol–water partition coefficient (Wildman–Crippen LogP) is 4.31. The maximum absolute atomic E-state index is 12.3. The fraction of sp³-hybridized carbons (Fsp3) is 0.125. The molecule has 1 aliphatic heterocycles. The predicted molar refractivity (Wildman–Crippen MR) is 89.3 cm³/mol. The van der Waals surface area contributed by atoms with Gasteiger partial charge in [-0.15, -0.1) is 0 Å². The molecule has 1 N–H and O–H groups in total.